The van der Waals surface area contributed by atoms with E-state index in [2.05, 4.69) is 29.1 Å². The van der Waals surface area contributed by atoms with Crippen LogP contribution in [0.2, 0.25) is 0 Å². The minimum absolute atomic E-state index is 0.0317. The summed E-state index contributed by atoms with van der Waals surface area (Å²) in [7, 11) is 0. The van der Waals surface area contributed by atoms with Gasteiger partial charge in [-0.3, -0.25) is 4.79 Å². The molecule has 3 aromatic rings. The molecule has 0 aliphatic rings. The SMILES string of the molecule is CC(C)c1ccccc1NC(=O)CSc1ncnc2ccccc12. The molecule has 0 bridgehead atoms. The Hall–Kier alpha value is -2.40. The molecule has 4 nitrogen and oxygen atoms in total. The largest absolute Gasteiger partial charge is 0.325 e. The van der Waals surface area contributed by atoms with Crippen molar-refractivity contribution in [1.82, 2.24) is 9.97 Å². The standard InChI is InChI=1S/C19H19N3OS/c1-13(2)14-7-3-6-10-17(14)22-18(23)11-24-19-15-8-4-5-9-16(15)20-12-21-19/h3-10,12-13H,11H2,1-2H3,(H,22,23). The van der Waals surface area contributed by atoms with Gasteiger partial charge < -0.3 is 5.32 Å². The topological polar surface area (TPSA) is 54.9 Å². The molecule has 1 amide bonds. The summed E-state index contributed by atoms with van der Waals surface area (Å²) in [6.45, 7) is 4.24. The van der Waals surface area contributed by atoms with Crippen LogP contribution in [0.5, 0.6) is 0 Å². The molecule has 0 aliphatic heterocycles. The molecule has 24 heavy (non-hydrogen) atoms. The maximum absolute atomic E-state index is 12.3. The van der Waals surface area contributed by atoms with Crippen LogP contribution in [0, 0.1) is 0 Å². The summed E-state index contributed by atoms with van der Waals surface area (Å²) in [6.07, 6.45) is 1.54. The number of carbonyl (C=O) groups is 1. The van der Waals surface area contributed by atoms with Gasteiger partial charge >= 0.3 is 0 Å². The summed E-state index contributed by atoms with van der Waals surface area (Å²) in [6, 6.07) is 15.7. The maximum atomic E-state index is 12.3. The van der Waals surface area contributed by atoms with Crippen molar-refractivity contribution < 1.29 is 4.79 Å². The molecule has 0 fully saturated rings. The number of benzene rings is 2. The zero-order valence-corrected chi connectivity index (χ0v) is 14.5. The number of rotatable bonds is 5. The van der Waals surface area contributed by atoms with Crippen molar-refractivity contribution in [2.24, 2.45) is 0 Å². The predicted molar refractivity (Wildman–Crippen MR) is 99.4 cm³/mol. The molecular weight excluding hydrogens is 318 g/mol. The minimum atomic E-state index is -0.0317. The van der Waals surface area contributed by atoms with E-state index in [1.165, 1.54) is 18.1 Å². The molecule has 1 N–H and O–H groups in total. The number of nitrogens with one attached hydrogen (secondary N) is 1. The van der Waals surface area contributed by atoms with Crippen LogP contribution in [0.4, 0.5) is 5.69 Å². The molecule has 2 aromatic carbocycles. The zero-order chi connectivity index (χ0) is 16.9. The van der Waals surface area contributed by atoms with Crippen LogP contribution in [0.15, 0.2) is 59.9 Å². The van der Waals surface area contributed by atoms with E-state index in [1.54, 1.807) is 0 Å². The van der Waals surface area contributed by atoms with E-state index in [1.807, 2.05) is 48.5 Å². The lowest BCUT2D eigenvalue weighted by Crippen LogP contribution is -2.15. The van der Waals surface area contributed by atoms with Gasteiger partial charge in [0.25, 0.3) is 0 Å². The third-order valence-corrected chi connectivity index (χ3v) is 4.71. The number of carbonyl (C=O) groups excluding carboxylic acids is 1. The highest BCUT2D eigenvalue weighted by Gasteiger charge is 2.11. The Bertz CT molecular complexity index is 859. The number of nitrogens with zero attached hydrogens (tertiary/aromatic N) is 2. The lowest BCUT2D eigenvalue weighted by atomic mass is 10.0. The van der Waals surface area contributed by atoms with Gasteiger partial charge in [-0.15, -0.1) is 0 Å². The molecule has 0 atom stereocenters. The Balaban J connectivity index is 1.70. The number of amides is 1. The Labute approximate surface area is 145 Å². The van der Waals surface area contributed by atoms with E-state index < -0.39 is 0 Å². The Kier molecular flexibility index (Phi) is 5.11. The fraction of sp³-hybridized carbons (Fsp3) is 0.211. The fourth-order valence-electron chi connectivity index (χ4n) is 2.53. The first-order valence-corrected chi connectivity index (χ1v) is 8.85. The highest BCUT2D eigenvalue weighted by molar-refractivity contribution is 8.00. The molecule has 0 saturated heterocycles. The van der Waals surface area contributed by atoms with E-state index in [9.17, 15) is 4.79 Å². The van der Waals surface area contributed by atoms with Crippen LogP contribution < -0.4 is 5.32 Å². The monoisotopic (exact) mass is 337 g/mol. The van der Waals surface area contributed by atoms with Gasteiger partial charge in [-0.05, 0) is 23.6 Å². The number of hydrogen-bond donors (Lipinski definition) is 1. The van der Waals surface area contributed by atoms with Crippen molar-refractivity contribution in [3.63, 3.8) is 0 Å². The van der Waals surface area contributed by atoms with E-state index in [-0.39, 0.29) is 5.91 Å². The Morgan fingerprint density at radius 3 is 2.67 bits per heavy atom. The smallest absolute Gasteiger partial charge is 0.234 e. The molecular formula is C19H19N3OS. The Morgan fingerprint density at radius 1 is 1.08 bits per heavy atom. The van der Waals surface area contributed by atoms with Gasteiger partial charge in [0.2, 0.25) is 5.91 Å². The molecule has 3 rings (SSSR count). The molecule has 5 heteroatoms. The van der Waals surface area contributed by atoms with Crippen LogP contribution >= 0.6 is 11.8 Å². The van der Waals surface area contributed by atoms with Crippen molar-refractivity contribution in [2.75, 3.05) is 11.1 Å². The fourth-order valence-corrected chi connectivity index (χ4v) is 3.32. The summed E-state index contributed by atoms with van der Waals surface area (Å²) < 4.78 is 0. The van der Waals surface area contributed by atoms with Crippen molar-refractivity contribution in [2.45, 2.75) is 24.8 Å². The second kappa shape index (κ2) is 7.45. The summed E-state index contributed by atoms with van der Waals surface area (Å²) in [4.78, 5) is 20.9. The molecule has 0 spiro atoms. The minimum Gasteiger partial charge on any atom is -0.325 e. The van der Waals surface area contributed by atoms with Crippen LogP contribution in [-0.2, 0) is 4.79 Å². The average molecular weight is 337 g/mol. The molecule has 1 aromatic heterocycles. The average Bonchev–Trinajstić information content (AvgIpc) is 2.60. The number of fused-ring (bicyclic) bond motifs is 1. The number of anilines is 1. The second-order valence-corrected chi connectivity index (χ2v) is 6.74. The van der Waals surface area contributed by atoms with E-state index in [0.29, 0.717) is 11.7 Å². The summed E-state index contributed by atoms with van der Waals surface area (Å²) >= 11 is 1.43. The van der Waals surface area contributed by atoms with E-state index in [0.717, 1.165) is 27.2 Å². The first-order chi connectivity index (χ1) is 11.6. The van der Waals surface area contributed by atoms with Crippen LogP contribution in [-0.4, -0.2) is 21.6 Å². The zero-order valence-electron chi connectivity index (χ0n) is 13.7. The normalized spacial score (nSPS) is 11.0. The third-order valence-electron chi connectivity index (χ3n) is 3.70. The molecule has 0 radical (unpaired) electrons. The number of thioether (sulfide) groups is 1. The number of hydrogen-bond acceptors (Lipinski definition) is 4. The van der Waals surface area contributed by atoms with Gasteiger partial charge in [0.1, 0.15) is 11.4 Å². The van der Waals surface area contributed by atoms with Gasteiger partial charge in [-0.2, -0.15) is 0 Å². The van der Waals surface area contributed by atoms with Crippen LogP contribution in [0.25, 0.3) is 10.9 Å². The van der Waals surface area contributed by atoms with Gasteiger partial charge in [0.15, 0.2) is 0 Å². The molecule has 0 saturated carbocycles. The quantitative estimate of drug-likeness (QED) is 0.551. The van der Waals surface area contributed by atoms with E-state index in [4.69, 9.17) is 0 Å². The lowest BCUT2D eigenvalue weighted by Gasteiger charge is -2.13. The molecule has 0 unspecified atom stereocenters. The van der Waals surface area contributed by atoms with E-state index >= 15 is 0 Å². The van der Waals surface area contributed by atoms with Crippen molar-refractivity contribution >= 4 is 34.3 Å². The first-order valence-electron chi connectivity index (χ1n) is 7.86. The van der Waals surface area contributed by atoms with Gasteiger partial charge in [-0.1, -0.05) is 62.0 Å². The molecule has 0 aliphatic carbocycles. The van der Waals surface area contributed by atoms with Gasteiger partial charge in [-0.25, -0.2) is 9.97 Å². The predicted octanol–water partition coefficient (Wildman–Crippen LogP) is 4.48. The van der Waals surface area contributed by atoms with Crippen molar-refractivity contribution in [3.8, 4) is 0 Å². The van der Waals surface area contributed by atoms with Crippen LogP contribution in [0.1, 0.15) is 25.3 Å². The summed E-state index contributed by atoms with van der Waals surface area (Å²) in [5.41, 5.74) is 2.91. The lowest BCUT2D eigenvalue weighted by molar-refractivity contribution is -0.113. The number of para-hydroxylation sites is 2. The molecule has 122 valence electrons. The second-order valence-electron chi connectivity index (χ2n) is 5.77. The highest BCUT2D eigenvalue weighted by Crippen LogP contribution is 2.26. The maximum Gasteiger partial charge on any atom is 0.234 e. The number of aromatic nitrogens is 2. The van der Waals surface area contributed by atoms with Crippen LogP contribution in [0.3, 0.4) is 0 Å². The van der Waals surface area contributed by atoms with Gasteiger partial charge in [0.05, 0.1) is 11.3 Å². The van der Waals surface area contributed by atoms with Crippen molar-refractivity contribution in [3.05, 3.63) is 60.4 Å². The highest BCUT2D eigenvalue weighted by atomic mass is 32.2. The van der Waals surface area contributed by atoms with Gasteiger partial charge in [0, 0.05) is 11.1 Å². The summed E-state index contributed by atoms with van der Waals surface area (Å²) in [5, 5.41) is 4.81. The molecule has 1 heterocycles. The van der Waals surface area contributed by atoms with Crippen molar-refractivity contribution in [1.29, 1.82) is 0 Å². The first kappa shape index (κ1) is 16.5. The third kappa shape index (κ3) is 3.74. The Morgan fingerprint density at radius 2 is 1.83 bits per heavy atom. The summed E-state index contributed by atoms with van der Waals surface area (Å²) in [5.74, 6) is 0.642.